The van der Waals surface area contributed by atoms with E-state index in [1.165, 1.54) is 17.5 Å². The zero-order valence-electron chi connectivity index (χ0n) is 10.8. The summed E-state index contributed by atoms with van der Waals surface area (Å²) in [6.45, 7) is 6.70. The first-order valence-corrected chi connectivity index (χ1v) is 7.07. The molecule has 0 heterocycles. The normalized spacial score (nSPS) is 14.8. The molecule has 1 aromatic rings. The maximum atomic E-state index is 3.40. The van der Waals surface area contributed by atoms with Gasteiger partial charge in [0.15, 0.2) is 0 Å². The van der Waals surface area contributed by atoms with Crippen LogP contribution in [-0.4, -0.2) is 18.1 Å². The first kappa shape index (κ1) is 13.6. The van der Waals surface area contributed by atoms with Gasteiger partial charge in [0, 0.05) is 17.0 Å². The highest BCUT2D eigenvalue weighted by molar-refractivity contribution is 7.99. The van der Waals surface area contributed by atoms with Crippen molar-refractivity contribution in [2.75, 3.05) is 12.8 Å². The molecule has 16 heavy (non-hydrogen) atoms. The second-order valence-corrected chi connectivity index (χ2v) is 5.78. The molecule has 0 aliphatic heterocycles. The Kier molecular flexibility index (Phi) is 5.93. The number of hydrogen-bond acceptors (Lipinski definition) is 2. The van der Waals surface area contributed by atoms with Gasteiger partial charge in [-0.3, -0.25) is 0 Å². The highest BCUT2D eigenvalue weighted by atomic mass is 32.2. The summed E-state index contributed by atoms with van der Waals surface area (Å²) in [5.74, 6) is 1.15. The van der Waals surface area contributed by atoms with E-state index in [4.69, 9.17) is 0 Å². The van der Waals surface area contributed by atoms with E-state index >= 15 is 0 Å². The molecule has 0 aliphatic carbocycles. The number of hydrogen-bond donors (Lipinski definition) is 1. The molecule has 0 saturated heterocycles. The molecule has 1 rings (SSSR count). The van der Waals surface area contributed by atoms with Crippen LogP contribution in [-0.2, 0) is 0 Å². The van der Waals surface area contributed by atoms with Crippen molar-refractivity contribution in [2.45, 2.75) is 38.5 Å². The Labute approximate surface area is 104 Å². The maximum absolute atomic E-state index is 3.40. The number of rotatable bonds is 6. The SMILES string of the molecule is CCC(C)SCC(NC)c1cccc(C)c1. The molecule has 2 atom stereocenters. The van der Waals surface area contributed by atoms with E-state index in [-0.39, 0.29) is 0 Å². The van der Waals surface area contributed by atoms with Crippen molar-refractivity contribution in [1.82, 2.24) is 5.32 Å². The Hall–Kier alpha value is -0.470. The third kappa shape index (κ3) is 4.18. The summed E-state index contributed by atoms with van der Waals surface area (Å²) in [7, 11) is 2.05. The standard InChI is InChI=1S/C14H23NS/c1-5-12(3)16-10-14(15-4)13-8-6-7-11(2)9-13/h6-9,12,14-15H,5,10H2,1-4H3. The van der Waals surface area contributed by atoms with E-state index in [2.05, 4.69) is 50.4 Å². The van der Waals surface area contributed by atoms with Crippen LogP contribution in [0, 0.1) is 6.92 Å². The Morgan fingerprint density at radius 1 is 1.38 bits per heavy atom. The monoisotopic (exact) mass is 237 g/mol. The molecule has 2 heteroatoms. The van der Waals surface area contributed by atoms with E-state index in [1.807, 2.05) is 18.8 Å². The van der Waals surface area contributed by atoms with Gasteiger partial charge in [0.1, 0.15) is 0 Å². The van der Waals surface area contributed by atoms with Crippen LogP contribution in [0.25, 0.3) is 0 Å². The molecule has 0 bridgehead atoms. The van der Waals surface area contributed by atoms with Gasteiger partial charge in [-0.15, -0.1) is 0 Å². The average Bonchev–Trinajstić information content (AvgIpc) is 2.29. The molecule has 0 amide bonds. The molecule has 90 valence electrons. The average molecular weight is 237 g/mol. The summed E-state index contributed by atoms with van der Waals surface area (Å²) in [6, 6.07) is 9.25. The molecule has 2 unspecified atom stereocenters. The van der Waals surface area contributed by atoms with Crippen molar-refractivity contribution in [3.63, 3.8) is 0 Å². The van der Waals surface area contributed by atoms with Crippen molar-refractivity contribution in [3.8, 4) is 0 Å². The Bertz CT molecular complexity index is 311. The van der Waals surface area contributed by atoms with Gasteiger partial charge in [0.25, 0.3) is 0 Å². The lowest BCUT2D eigenvalue weighted by Crippen LogP contribution is -2.19. The van der Waals surface area contributed by atoms with Crippen LogP contribution in [0.2, 0.25) is 0 Å². The number of thioether (sulfide) groups is 1. The van der Waals surface area contributed by atoms with E-state index in [0.29, 0.717) is 6.04 Å². The number of nitrogens with one attached hydrogen (secondary N) is 1. The van der Waals surface area contributed by atoms with Crippen LogP contribution >= 0.6 is 11.8 Å². The minimum atomic E-state index is 0.471. The maximum Gasteiger partial charge on any atom is 0.0409 e. The Balaban J connectivity index is 2.60. The van der Waals surface area contributed by atoms with Gasteiger partial charge in [0.05, 0.1) is 0 Å². The van der Waals surface area contributed by atoms with Gasteiger partial charge >= 0.3 is 0 Å². The Morgan fingerprint density at radius 3 is 2.69 bits per heavy atom. The fourth-order valence-electron chi connectivity index (χ4n) is 1.61. The van der Waals surface area contributed by atoms with Gasteiger partial charge in [-0.2, -0.15) is 11.8 Å². The summed E-state index contributed by atoms with van der Waals surface area (Å²) in [6.07, 6.45) is 1.24. The van der Waals surface area contributed by atoms with Crippen molar-refractivity contribution in [1.29, 1.82) is 0 Å². The minimum Gasteiger partial charge on any atom is -0.312 e. The second kappa shape index (κ2) is 6.97. The molecule has 1 N–H and O–H groups in total. The molecule has 1 aromatic carbocycles. The third-order valence-electron chi connectivity index (χ3n) is 2.92. The van der Waals surface area contributed by atoms with E-state index in [0.717, 1.165) is 11.0 Å². The van der Waals surface area contributed by atoms with Crippen molar-refractivity contribution >= 4 is 11.8 Å². The van der Waals surface area contributed by atoms with Crippen molar-refractivity contribution in [2.24, 2.45) is 0 Å². The zero-order valence-corrected chi connectivity index (χ0v) is 11.6. The summed E-state index contributed by atoms with van der Waals surface area (Å²) < 4.78 is 0. The van der Waals surface area contributed by atoms with E-state index in [1.54, 1.807) is 0 Å². The molecular formula is C14H23NS. The quantitative estimate of drug-likeness (QED) is 0.808. The fraction of sp³-hybridized carbons (Fsp3) is 0.571. The predicted molar refractivity (Wildman–Crippen MR) is 75.2 cm³/mol. The lowest BCUT2D eigenvalue weighted by molar-refractivity contribution is 0.659. The van der Waals surface area contributed by atoms with Gasteiger partial charge < -0.3 is 5.32 Å². The third-order valence-corrected chi connectivity index (χ3v) is 4.34. The fourth-order valence-corrected chi connectivity index (χ4v) is 2.73. The molecule has 0 saturated carbocycles. The second-order valence-electron chi connectivity index (χ2n) is 4.31. The van der Waals surface area contributed by atoms with Crippen LogP contribution < -0.4 is 5.32 Å². The molecule has 0 fully saturated rings. The largest absolute Gasteiger partial charge is 0.312 e. The first-order valence-electron chi connectivity index (χ1n) is 6.02. The predicted octanol–water partition coefficient (Wildman–Crippen LogP) is 3.79. The van der Waals surface area contributed by atoms with Crippen LogP contribution in [0.4, 0.5) is 0 Å². The smallest absolute Gasteiger partial charge is 0.0409 e. The first-order chi connectivity index (χ1) is 7.67. The van der Waals surface area contributed by atoms with Gasteiger partial charge in [-0.1, -0.05) is 43.7 Å². The summed E-state index contributed by atoms with van der Waals surface area (Å²) >= 11 is 2.05. The lowest BCUT2D eigenvalue weighted by Gasteiger charge is -2.18. The summed E-state index contributed by atoms with van der Waals surface area (Å²) in [5.41, 5.74) is 2.74. The van der Waals surface area contributed by atoms with Crippen LogP contribution in [0.3, 0.4) is 0 Å². The Morgan fingerprint density at radius 2 is 2.12 bits per heavy atom. The lowest BCUT2D eigenvalue weighted by atomic mass is 10.1. The molecular weight excluding hydrogens is 214 g/mol. The number of benzene rings is 1. The molecule has 0 aliphatic rings. The van der Waals surface area contributed by atoms with Crippen LogP contribution in [0.5, 0.6) is 0 Å². The van der Waals surface area contributed by atoms with Gasteiger partial charge in [-0.25, -0.2) is 0 Å². The van der Waals surface area contributed by atoms with Crippen LogP contribution in [0.1, 0.15) is 37.4 Å². The van der Waals surface area contributed by atoms with Crippen molar-refractivity contribution in [3.05, 3.63) is 35.4 Å². The molecule has 0 radical (unpaired) electrons. The minimum absolute atomic E-state index is 0.471. The number of aryl methyl sites for hydroxylation is 1. The zero-order chi connectivity index (χ0) is 12.0. The topological polar surface area (TPSA) is 12.0 Å². The van der Waals surface area contributed by atoms with Gasteiger partial charge in [-0.05, 0) is 26.0 Å². The molecule has 0 spiro atoms. The van der Waals surface area contributed by atoms with Crippen molar-refractivity contribution < 1.29 is 0 Å². The molecule has 1 nitrogen and oxygen atoms in total. The summed E-state index contributed by atoms with van der Waals surface area (Å²) in [5, 5.41) is 4.15. The molecule has 0 aromatic heterocycles. The van der Waals surface area contributed by atoms with Gasteiger partial charge in [0.2, 0.25) is 0 Å². The van der Waals surface area contributed by atoms with E-state index in [9.17, 15) is 0 Å². The highest BCUT2D eigenvalue weighted by Gasteiger charge is 2.10. The van der Waals surface area contributed by atoms with Crippen LogP contribution in [0.15, 0.2) is 24.3 Å². The van der Waals surface area contributed by atoms with E-state index < -0.39 is 0 Å². The highest BCUT2D eigenvalue weighted by Crippen LogP contribution is 2.23. The summed E-state index contributed by atoms with van der Waals surface area (Å²) in [4.78, 5) is 0.